The number of aromatic carboxylic acids is 1. The van der Waals surface area contributed by atoms with Gasteiger partial charge in [0.15, 0.2) is 0 Å². The first kappa shape index (κ1) is 17.2. The molecule has 0 aliphatic rings. The number of hydrogen-bond acceptors (Lipinski definition) is 4. The van der Waals surface area contributed by atoms with Gasteiger partial charge in [-0.15, -0.1) is 5.54 Å². The molecular formula is C13H15FO5SSi. The lowest BCUT2D eigenvalue weighted by Crippen LogP contribution is -2.16. The van der Waals surface area contributed by atoms with Crippen LogP contribution in [0.1, 0.15) is 21.5 Å². The van der Waals surface area contributed by atoms with E-state index in [1.807, 2.05) is 19.6 Å². The van der Waals surface area contributed by atoms with Gasteiger partial charge in [-0.25, -0.2) is 4.79 Å². The number of halogens is 1. The van der Waals surface area contributed by atoms with Crippen molar-refractivity contribution in [2.24, 2.45) is 0 Å². The third-order valence-corrected chi connectivity index (χ3v) is 3.62. The number of carboxylic acids is 1. The van der Waals surface area contributed by atoms with Crippen molar-refractivity contribution in [1.29, 1.82) is 0 Å². The fourth-order valence-electron chi connectivity index (χ4n) is 1.44. The summed E-state index contributed by atoms with van der Waals surface area (Å²) in [6.45, 7) is 7.32. The Bertz CT molecular complexity index is 738. The first-order valence-corrected chi connectivity index (χ1v) is 10.7. The monoisotopic (exact) mass is 330 g/mol. The van der Waals surface area contributed by atoms with Crippen molar-refractivity contribution in [2.45, 2.75) is 26.6 Å². The molecule has 0 saturated carbocycles. The van der Waals surface area contributed by atoms with E-state index in [1.54, 1.807) is 0 Å². The lowest BCUT2D eigenvalue weighted by molar-refractivity contribution is 0.0695. The molecule has 1 rings (SSSR count). The number of carbonyl (C=O) groups is 1. The molecule has 0 radical (unpaired) electrons. The van der Waals surface area contributed by atoms with Gasteiger partial charge < -0.3 is 9.29 Å². The second-order valence-corrected chi connectivity index (χ2v) is 11.1. The van der Waals surface area contributed by atoms with Crippen LogP contribution in [-0.2, 0) is 10.5 Å². The smallest absolute Gasteiger partial charge is 0.478 e. The van der Waals surface area contributed by atoms with E-state index in [0.717, 1.165) is 0 Å². The van der Waals surface area contributed by atoms with Gasteiger partial charge in [-0.3, -0.25) is 0 Å². The minimum atomic E-state index is -5.23. The summed E-state index contributed by atoms with van der Waals surface area (Å²) in [7, 11) is -6.94. The SMILES string of the molecule is Cc1c(OS(=O)(=O)F)cc(C#C[Si](C)(C)C)cc1C(=O)O. The van der Waals surface area contributed by atoms with Gasteiger partial charge in [0.25, 0.3) is 0 Å². The minimum absolute atomic E-state index is 0.0160. The van der Waals surface area contributed by atoms with E-state index in [0.29, 0.717) is 0 Å². The summed E-state index contributed by atoms with van der Waals surface area (Å²) in [5.74, 6) is 1.13. The first-order chi connectivity index (χ1) is 9.39. The minimum Gasteiger partial charge on any atom is -0.478 e. The summed E-state index contributed by atoms with van der Waals surface area (Å²) in [5, 5.41) is 9.10. The zero-order valence-corrected chi connectivity index (χ0v) is 13.8. The fraction of sp³-hybridized carbons (Fsp3) is 0.308. The predicted molar refractivity (Wildman–Crippen MR) is 79.0 cm³/mol. The predicted octanol–water partition coefficient (Wildman–Crippen LogP) is 2.52. The van der Waals surface area contributed by atoms with Crippen LogP contribution in [-0.4, -0.2) is 27.6 Å². The zero-order chi connectivity index (χ0) is 16.4. The van der Waals surface area contributed by atoms with Crippen LogP contribution in [0, 0.1) is 18.4 Å². The highest BCUT2D eigenvalue weighted by molar-refractivity contribution is 7.81. The number of rotatable bonds is 3. The van der Waals surface area contributed by atoms with Gasteiger partial charge in [-0.2, -0.15) is 8.42 Å². The van der Waals surface area contributed by atoms with Crippen LogP contribution in [0.3, 0.4) is 0 Å². The highest BCUT2D eigenvalue weighted by Gasteiger charge is 2.18. The summed E-state index contributed by atoms with van der Waals surface area (Å²) in [4.78, 5) is 11.2. The van der Waals surface area contributed by atoms with Crippen molar-refractivity contribution in [3.8, 4) is 17.2 Å². The Morgan fingerprint density at radius 2 is 1.90 bits per heavy atom. The molecule has 1 N–H and O–H groups in total. The largest absolute Gasteiger partial charge is 0.488 e. The second kappa shape index (κ2) is 5.87. The van der Waals surface area contributed by atoms with E-state index in [4.69, 9.17) is 5.11 Å². The van der Waals surface area contributed by atoms with Crippen LogP contribution in [0.15, 0.2) is 12.1 Å². The van der Waals surface area contributed by atoms with Crippen molar-refractivity contribution >= 4 is 24.5 Å². The molecule has 0 fully saturated rings. The van der Waals surface area contributed by atoms with Crippen LogP contribution >= 0.6 is 0 Å². The molecule has 114 valence electrons. The molecule has 0 atom stereocenters. The maximum absolute atomic E-state index is 12.7. The van der Waals surface area contributed by atoms with E-state index >= 15 is 0 Å². The average molecular weight is 330 g/mol. The van der Waals surface area contributed by atoms with Gasteiger partial charge in [-0.05, 0) is 19.1 Å². The van der Waals surface area contributed by atoms with Crippen LogP contribution in [0.4, 0.5) is 3.89 Å². The van der Waals surface area contributed by atoms with E-state index in [1.165, 1.54) is 19.1 Å². The third kappa shape index (κ3) is 5.57. The van der Waals surface area contributed by atoms with Crippen molar-refractivity contribution in [3.63, 3.8) is 0 Å². The molecule has 0 aliphatic carbocycles. The molecule has 0 bridgehead atoms. The van der Waals surface area contributed by atoms with Gasteiger partial charge in [0.05, 0.1) is 5.56 Å². The summed E-state index contributed by atoms with van der Waals surface area (Å²) in [5.41, 5.74) is 3.11. The number of carboxylic acid groups (broad SMARTS) is 1. The molecule has 1 aromatic rings. The highest BCUT2D eigenvalue weighted by atomic mass is 32.3. The molecule has 0 spiro atoms. The highest BCUT2D eigenvalue weighted by Crippen LogP contribution is 2.25. The number of benzene rings is 1. The van der Waals surface area contributed by atoms with Crippen LogP contribution in [0.2, 0.25) is 19.6 Å². The van der Waals surface area contributed by atoms with E-state index < -0.39 is 24.5 Å². The van der Waals surface area contributed by atoms with Crippen molar-refractivity contribution in [1.82, 2.24) is 0 Å². The molecule has 5 nitrogen and oxygen atoms in total. The standard InChI is InChI=1S/C13H15FO5SSi/c1-9-11(13(15)16)7-10(5-6-21(2,3)4)8-12(9)19-20(14,17)18/h7-8H,1-4H3,(H,15,16). The number of hydrogen-bond donors (Lipinski definition) is 1. The van der Waals surface area contributed by atoms with E-state index in [9.17, 15) is 17.1 Å². The molecule has 0 unspecified atom stereocenters. The Kier molecular flexibility index (Phi) is 4.81. The Morgan fingerprint density at radius 3 is 2.33 bits per heavy atom. The third-order valence-electron chi connectivity index (χ3n) is 2.36. The van der Waals surface area contributed by atoms with Crippen LogP contribution in [0.5, 0.6) is 5.75 Å². The first-order valence-electron chi connectivity index (χ1n) is 5.94. The molecular weight excluding hydrogens is 315 g/mol. The Morgan fingerprint density at radius 1 is 1.33 bits per heavy atom. The maximum Gasteiger partial charge on any atom is 0.488 e. The quantitative estimate of drug-likeness (QED) is 0.523. The molecule has 0 amide bonds. The molecule has 8 heteroatoms. The van der Waals surface area contributed by atoms with Crippen molar-refractivity contribution < 1.29 is 26.4 Å². The molecule has 1 aromatic carbocycles. The van der Waals surface area contributed by atoms with E-state index in [2.05, 4.69) is 15.6 Å². The Balaban J connectivity index is 3.47. The van der Waals surface area contributed by atoms with Gasteiger partial charge in [0.1, 0.15) is 13.8 Å². The van der Waals surface area contributed by atoms with Crippen LogP contribution < -0.4 is 4.18 Å². The molecule has 21 heavy (non-hydrogen) atoms. The zero-order valence-electron chi connectivity index (χ0n) is 12.0. The van der Waals surface area contributed by atoms with Crippen LogP contribution in [0.25, 0.3) is 0 Å². The van der Waals surface area contributed by atoms with Crippen molar-refractivity contribution in [3.05, 3.63) is 28.8 Å². The summed E-state index contributed by atoms with van der Waals surface area (Å²) >= 11 is 0. The second-order valence-electron chi connectivity index (χ2n) is 5.43. The lowest BCUT2D eigenvalue weighted by Gasteiger charge is -2.09. The fourth-order valence-corrected chi connectivity index (χ4v) is 2.34. The van der Waals surface area contributed by atoms with Gasteiger partial charge >= 0.3 is 16.5 Å². The van der Waals surface area contributed by atoms with Gasteiger partial charge in [0, 0.05) is 11.1 Å². The van der Waals surface area contributed by atoms with Crippen molar-refractivity contribution in [2.75, 3.05) is 0 Å². The normalized spacial score (nSPS) is 11.5. The average Bonchev–Trinajstić information content (AvgIpc) is 2.26. The maximum atomic E-state index is 12.7. The Labute approximate surface area is 124 Å². The van der Waals surface area contributed by atoms with Gasteiger partial charge in [0.2, 0.25) is 0 Å². The molecule has 0 aromatic heterocycles. The topological polar surface area (TPSA) is 80.7 Å². The van der Waals surface area contributed by atoms with Gasteiger partial charge in [-0.1, -0.05) is 29.4 Å². The molecule has 0 aliphatic heterocycles. The Hall–Kier alpha value is -1.85. The summed E-state index contributed by atoms with van der Waals surface area (Å²) in [6, 6.07) is 2.52. The molecule has 0 heterocycles. The summed E-state index contributed by atoms with van der Waals surface area (Å²) < 4.78 is 38.0. The lowest BCUT2D eigenvalue weighted by atomic mass is 10.0. The van der Waals surface area contributed by atoms with E-state index in [-0.39, 0.29) is 22.4 Å². The molecule has 0 saturated heterocycles. The summed E-state index contributed by atoms with van der Waals surface area (Å²) in [6.07, 6.45) is 0.